The summed E-state index contributed by atoms with van der Waals surface area (Å²) in [5.41, 5.74) is 9.94. The number of hydrogen-bond acceptors (Lipinski definition) is 6. The molecule has 2 aromatic rings. The fraction of sp³-hybridized carbons (Fsp3) is 0.320. The summed E-state index contributed by atoms with van der Waals surface area (Å²) in [6.07, 6.45) is 0. The van der Waals surface area contributed by atoms with E-state index in [1.807, 2.05) is 43.3 Å². The Labute approximate surface area is 198 Å². The average molecular weight is 468 g/mol. The van der Waals surface area contributed by atoms with Gasteiger partial charge in [-0.05, 0) is 43.0 Å². The number of hydrogen-bond donors (Lipinski definition) is 3. The minimum Gasteiger partial charge on any atom is -0.463 e. The molecule has 4 N–H and O–H groups in total. The van der Waals surface area contributed by atoms with Crippen molar-refractivity contribution in [2.45, 2.75) is 44.8 Å². The number of imide groups is 1. The predicted molar refractivity (Wildman–Crippen MR) is 131 cm³/mol. The van der Waals surface area contributed by atoms with Gasteiger partial charge >= 0.3 is 12.0 Å². The maximum atomic E-state index is 13.1. The molecule has 0 aliphatic carbocycles. The largest absolute Gasteiger partial charge is 0.463 e. The first-order chi connectivity index (χ1) is 15.7. The Morgan fingerprint density at radius 1 is 1.06 bits per heavy atom. The number of amides is 3. The first kappa shape index (κ1) is 24.4. The summed E-state index contributed by atoms with van der Waals surface area (Å²) < 4.78 is 5.21. The van der Waals surface area contributed by atoms with Gasteiger partial charge in [0.05, 0.1) is 17.2 Å². The van der Waals surface area contributed by atoms with Gasteiger partial charge in [0.25, 0.3) is 0 Å². The Balaban J connectivity index is 1.84. The number of nitrogens with one attached hydrogen (secondary N) is 2. The molecule has 174 valence electrons. The Hall–Kier alpha value is -3.26. The van der Waals surface area contributed by atoms with Gasteiger partial charge in [-0.25, -0.2) is 9.59 Å². The molecule has 0 saturated heterocycles. The number of carbonyl (C=O) groups excluding carboxylic acids is 3. The normalized spacial score (nSPS) is 17.7. The summed E-state index contributed by atoms with van der Waals surface area (Å²) in [4.78, 5) is 38.2. The first-order valence-electron chi connectivity index (χ1n) is 10.8. The van der Waals surface area contributed by atoms with Crippen LogP contribution in [-0.2, 0) is 14.3 Å². The van der Waals surface area contributed by atoms with E-state index in [9.17, 15) is 14.4 Å². The molecular weight excluding hydrogens is 438 g/mol. The lowest BCUT2D eigenvalue weighted by Gasteiger charge is -2.21. The molecule has 0 saturated carbocycles. The number of thioether (sulfide) groups is 1. The number of aryl methyl sites for hydroxylation is 1. The molecule has 2 atom stereocenters. The molecular formula is C25H29N3O4S. The van der Waals surface area contributed by atoms with Crippen LogP contribution in [0.5, 0.6) is 0 Å². The number of ether oxygens (including phenoxy) is 1. The van der Waals surface area contributed by atoms with Gasteiger partial charge in [-0.3, -0.25) is 10.1 Å². The van der Waals surface area contributed by atoms with Crippen LogP contribution in [0.3, 0.4) is 0 Å². The van der Waals surface area contributed by atoms with Crippen molar-refractivity contribution in [2.24, 2.45) is 5.73 Å². The highest BCUT2D eigenvalue weighted by Gasteiger charge is 2.44. The van der Waals surface area contributed by atoms with Crippen LogP contribution in [0.25, 0.3) is 0 Å². The minimum absolute atomic E-state index is 0.190. The summed E-state index contributed by atoms with van der Waals surface area (Å²) in [5.74, 6) is -1.39. The van der Waals surface area contributed by atoms with Crippen LogP contribution in [-0.4, -0.2) is 29.8 Å². The molecule has 0 spiro atoms. The van der Waals surface area contributed by atoms with Crippen LogP contribution in [0.2, 0.25) is 0 Å². The number of urea groups is 1. The van der Waals surface area contributed by atoms with E-state index in [0.717, 1.165) is 28.5 Å². The molecule has 0 fully saturated rings. The number of nitrogens with two attached hydrogens (primary N) is 1. The predicted octanol–water partition coefficient (Wildman–Crippen LogP) is 4.40. The fourth-order valence-corrected chi connectivity index (χ4v) is 4.83. The maximum Gasteiger partial charge on any atom is 0.337 e. The van der Waals surface area contributed by atoms with Crippen LogP contribution in [0.1, 0.15) is 49.3 Å². The van der Waals surface area contributed by atoms with E-state index in [-0.39, 0.29) is 17.2 Å². The second-order valence-electron chi connectivity index (χ2n) is 8.15. The monoisotopic (exact) mass is 467 g/mol. The average Bonchev–Trinajstić information content (AvgIpc) is 3.13. The van der Waals surface area contributed by atoms with Crippen LogP contribution in [0.15, 0.2) is 59.1 Å². The van der Waals surface area contributed by atoms with Crippen molar-refractivity contribution < 1.29 is 19.1 Å². The molecule has 1 heterocycles. The maximum absolute atomic E-state index is 13.1. The van der Waals surface area contributed by atoms with Gasteiger partial charge in [0.1, 0.15) is 5.25 Å². The number of benzene rings is 2. The Morgan fingerprint density at radius 2 is 1.70 bits per heavy atom. The zero-order chi connectivity index (χ0) is 24.1. The number of esters is 1. The Kier molecular flexibility index (Phi) is 7.81. The number of rotatable bonds is 6. The van der Waals surface area contributed by atoms with E-state index in [4.69, 9.17) is 10.5 Å². The molecule has 3 amide bonds. The molecule has 33 heavy (non-hydrogen) atoms. The van der Waals surface area contributed by atoms with Crippen molar-refractivity contribution in [1.82, 2.24) is 5.32 Å². The quantitative estimate of drug-likeness (QED) is 0.543. The van der Waals surface area contributed by atoms with Crippen molar-refractivity contribution in [2.75, 3.05) is 11.9 Å². The van der Waals surface area contributed by atoms with Gasteiger partial charge in [0.15, 0.2) is 0 Å². The van der Waals surface area contributed by atoms with Crippen molar-refractivity contribution in [1.29, 1.82) is 0 Å². The molecule has 0 radical (unpaired) electrons. The molecule has 0 bridgehead atoms. The van der Waals surface area contributed by atoms with Crippen LogP contribution >= 0.6 is 11.8 Å². The third kappa shape index (κ3) is 5.76. The van der Waals surface area contributed by atoms with Gasteiger partial charge in [0, 0.05) is 11.6 Å². The highest BCUT2D eigenvalue weighted by molar-refractivity contribution is 8.04. The third-order valence-corrected chi connectivity index (χ3v) is 6.61. The van der Waals surface area contributed by atoms with Crippen molar-refractivity contribution in [3.63, 3.8) is 0 Å². The SMILES string of the molecule is CCOC(=O)C1=C(N)SC(C(=O)NC(=O)Nc2ccc(C)cc2)C1c1ccc(C(C)C)cc1. The minimum atomic E-state index is -0.793. The number of carbonyl (C=O) groups is 3. The Bertz CT molecular complexity index is 1060. The van der Waals surface area contributed by atoms with Gasteiger partial charge in [-0.15, -0.1) is 0 Å². The van der Waals surface area contributed by atoms with E-state index < -0.39 is 29.1 Å². The fourth-order valence-electron chi connectivity index (χ4n) is 3.63. The standard InChI is InChI=1S/C25H29N3O4S/c1-5-32-24(30)20-19(17-10-8-16(9-11-17)14(2)3)21(33-22(20)26)23(29)28-25(31)27-18-12-6-15(4)7-13-18/h6-14,19,21H,5,26H2,1-4H3,(H2,27,28,29,31). The van der Waals surface area contributed by atoms with Crippen molar-refractivity contribution in [3.05, 3.63) is 75.8 Å². The van der Waals surface area contributed by atoms with Gasteiger partial charge in [-0.1, -0.05) is 67.6 Å². The molecule has 8 heteroatoms. The van der Waals surface area contributed by atoms with Gasteiger partial charge < -0.3 is 15.8 Å². The third-order valence-electron chi connectivity index (χ3n) is 5.40. The smallest absolute Gasteiger partial charge is 0.337 e. The second-order valence-corrected chi connectivity index (χ2v) is 9.33. The van der Waals surface area contributed by atoms with Crippen LogP contribution < -0.4 is 16.4 Å². The molecule has 3 rings (SSSR count). The topological polar surface area (TPSA) is 111 Å². The molecule has 1 aliphatic heterocycles. The summed E-state index contributed by atoms with van der Waals surface area (Å²) >= 11 is 1.06. The molecule has 2 unspecified atom stereocenters. The van der Waals surface area contributed by atoms with E-state index in [2.05, 4.69) is 24.5 Å². The molecule has 2 aromatic carbocycles. The molecule has 0 aromatic heterocycles. The zero-order valence-corrected chi connectivity index (χ0v) is 20.0. The second kappa shape index (κ2) is 10.6. The van der Waals surface area contributed by atoms with Gasteiger partial charge in [-0.2, -0.15) is 0 Å². The summed E-state index contributed by atoms with van der Waals surface area (Å²) in [6, 6.07) is 14.3. The number of anilines is 1. The van der Waals surface area contributed by atoms with Crippen LogP contribution in [0, 0.1) is 6.92 Å². The highest BCUT2D eigenvalue weighted by Crippen LogP contribution is 2.46. The summed E-state index contributed by atoms with van der Waals surface area (Å²) in [7, 11) is 0. The lowest BCUT2D eigenvalue weighted by molar-refractivity contribution is -0.138. The lowest BCUT2D eigenvalue weighted by Crippen LogP contribution is -2.41. The van der Waals surface area contributed by atoms with Crippen LogP contribution in [0.4, 0.5) is 10.5 Å². The van der Waals surface area contributed by atoms with E-state index in [0.29, 0.717) is 11.6 Å². The van der Waals surface area contributed by atoms with E-state index >= 15 is 0 Å². The van der Waals surface area contributed by atoms with E-state index in [1.54, 1.807) is 19.1 Å². The van der Waals surface area contributed by atoms with Crippen molar-refractivity contribution >= 4 is 35.4 Å². The molecule has 1 aliphatic rings. The van der Waals surface area contributed by atoms with E-state index in [1.165, 1.54) is 0 Å². The highest BCUT2D eigenvalue weighted by atomic mass is 32.2. The molecule has 7 nitrogen and oxygen atoms in total. The lowest BCUT2D eigenvalue weighted by atomic mass is 9.87. The van der Waals surface area contributed by atoms with Gasteiger partial charge in [0.2, 0.25) is 5.91 Å². The summed E-state index contributed by atoms with van der Waals surface area (Å²) in [6.45, 7) is 8.02. The van der Waals surface area contributed by atoms with Crippen molar-refractivity contribution in [3.8, 4) is 0 Å². The zero-order valence-electron chi connectivity index (χ0n) is 19.2. The summed E-state index contributed by atoms with van der Waals surface area (Å²) in [5, 5.41) is 4.46. The first-order valence-corrected chi connectivity index (χ1v) is 11.7. The Morgan fingerprint density at radius 3 is 2.27 bits per heavy atom.